The molecule has 0 bridgehead atoms. The normalized spacial score (nSPS) is 13.3. The molecule has 32 heavy (non-hydrogen) atoms. The van der Waals surface area contributed by atoms with Gasteiger partial charge in [0.05, 0.1) is 5.57 Å². The summed E-state index contributed by atoms with van der Waals surface area (Å²) in [5, 5.41) is 8.67. The van der Waals surface area contributed by atoms with Crippen molar-refractivity contribution in [2.45, 2.75) is 13.8 Å². The molecular weight excluding hydrogens is 413 g/mol. The summed E-state index contributed by atoms with van der Waals surface area (Å²) in [6.45, 7) is 6.86. The molecule has 0 saturated heterocycles. The zero-order valence-corrected chi connectivity index (χ0v) is 18.8. The van der Waals surface area contributed by atoms with Crippen LogP contribution in [0.5, 0.6) is 0 Å². The molecule has 2 aromatic rings. The third kappa shape index (κ3) is 6.12. The van der Waals surface area contributed by atoms with E-state index in [0.717, 1.165) is 50.1 Å². The van der Waals surface area contributed by atoms with Gasteiger partial charge in [-0.1, -0.05) is 0 Å². The third-order valence-electron chi connectivity index (χ3n) is 5.15. The molecular formula is C23H30FN5O3. The lowest BCUT2D eigenvalue weighted by Gasteiger charge is -2.16. The number of halogens is 1. The van der Waals surface area contributed by atoms with Crippen LogP contribution in [0.25, 0.3) is 11.6 Å². The molecule has 0 fully saturated rings. The number of carbonyl (C=O) groups is 3. The maximum absolute atomic E-state index is 13.4. The van der Waals surface area contributed by atoms with E-state index in [0.29, 0.717) is 28.1 Å². The van der Waals surface area contributed by atoms with Gasteiger partial charge in [0.15, 0.2) is 6.29 Å². The molecule has 0 aliphatic carbocycles. The van der Waals surface area contributed by atoms with E-state index in [1.807, 2.05) is 14.1 Å². The first-order chi connectivity index (χ1) is 15.4. The van der Waals surface area contributed by atoms with Gasteiger partial charge in [-0.05, 0) is 57.8 Å². The molecule has 2 heterocycles. The molecule has 1 aliphatic heterocycles. The van der Waals surface area contributed by atoms with E-state index in [4.69, 9.17) is 0 Å². The Kier molecular flexibility index (Phi) is 9.30. The molecule has 8 nitrogen and oxygen atoms in total. The van der Waals surface area contributed by atoms with Crippen molar-refractivity contribution in [1.82, 2.24) is 20.5 Å². The molecule has 0 saturated carbocycles. The van der Waals surface area contributed by atoms with Crippen molar-refractivity contribution in [3.05, 3.63) is 52.1 Å². The third-order valence-corrected chi connectivity index (χ3v) is 5.15. The highest BCUT2D eigenvalue weighted by Gasteiger charge is 2.25. The number of nitrogens with one attached hydrogen (secondary N) is 4. The number of amides is 2. The van der Waals surface area contributed by atoms with E-state index in [9.17, 15) is 18.8 Å². The number of rotatable bonds is 9. The Morgan fingerprint density at radius 2 is 1.75 bits per heavy atom. The Morgan fingerprint density at radius 1 is 1.09 bits per heavy atom. The van der Waals surface area contributed by atoms with Gasteiger partial charge in [-0.25, -0.2) is 4.39 Å². The molecule has 0 atom stereocenters. The van der Waals surface area contributed by atoms with E-state index in [1.54, 1.807) is 24.8 Å². The number of aromatic amines is 1. The van der Waals surface area contributed by atoms with Crippen LogP contribution in [0.3, 0.4) is 0 Å². The Morgan fingerprint density at radius 3 is 2.28 bits per heavy atom. The highest BCUT2D eigenvalue weighted by Crippen LogP contribution is 2.34. The maximum Gasteiger partial charge on any atom is 0.256 e. The van der Waals surface area contributed by atoms with Gasteiger partial charge in [0.1, 0.15) is 5.82 Å². The Hall–Kier alpha value is -3.30. The lowest BCUT2D eigenvalue weighted by molar-refractivity contribution is -0.118. The summed E-state index contributed by atoms with van der Waals surface area (Å²) in [6, 6.07) is 4.16. The Bertz CT molecular complexity index is 992. The first kappa shape index (κ1) is 25.0. The second kappa shape index (κ2) is 11.9. The minimum absolute atomic E-state index is 0.282. The number of likely N-dealkylation sites (N-methyl/N-ethyl adjacent to an activating group) is 2. The van der Waals surface area contributed by atoms with Crippen molar-refractivity contribution in [3.63, 3.8) is 0 Å². The quantitative estimate of drug-likeness (QED) is 0.350. The van der Waals surface area contributed by atoms with Crippen LogP contribution >= 0.6 is 0 Å². The number of hydrogen-bond donors (Lipinski definition) is 4. The number of benzene rings is 1. The lowest BCUT2D eigenvalue weighted by atomic mass is 10.0. The van der Waals surface area contributed by atoms with Gasteiger partial charge in [-0.15, -0.1) is 0 Å². The van der Waals surface area contributed by atoms with Crippen molar-refractivity contribution in [1.29, 1.82) is 0 Å². The number of aromatic nitrogens is 1. The number of aldehydes is 1. The molecule has 172 valence electrons. The predicted octanol–water partition coefficient (Wildman–Crippen LogP) is 1.96. The summed E-state index contributed by atoms with van der Waals surface area (Å²) in [6.07, 6.45) is 3.32. The SMILES string of the molecule is CNCCN(C=O)CCNC.Cc1[nH]c(/C=C2\C(=O)Nc3ccc(F)cc32)c(C)c1C=O. The first-order valence-electron chi connectivity index (χ1n) is 10.3. The molecule has 4 N–H and O–H groups in total. The van der Waals surface area contributed by atoms with Gasteiger partial charge in [0.25, 0.3) is 5.91 Å². The zero-order valence-electron chi connectivity index (χ0n) is 18.8. The molecule has 3 rings (SSSR count). The van der Waals surface area contributed by atoms with Gasteiger partial charge in [0, 0.05) is 54.4 Å². The van der Waals surface area contributed by atoms with Gasteiger partial charge in [0.2, 0.25) is 6.41 Å². The molecule has 0 unspecified atom stereocenters. The predicted molar refractivity (Wildman–Crippen MR) is 124 cm³/mol. The van der Waals surface area contributed by atoms with Crippen LogP contribution in [-0.4, -0.2) is 68.8 Å². The summed E-state index contributed by atoms with van der Waals surface area (Å²) in [4.78, 5) is 38.3. The standard InChI is InChI=1S/C16H13FN2O2.C7H17N3O/c1-8-13(7-20)9(2)18-15(8)6-12-11-5-10(17)3-4-14(11)19-16(12)21;1-8-3-5-10(7-11)6-4-9-2/h3-7,18H,1-2H3,(H,19,21);7-9H,3-6H2,1-2H3/b12-6-;. The second-order valence-corrected chi connectivity index (χ2v) is 7.37. The van der Waals surface area contributed by atoms with Gasteiger partial charge in [-0.3, -0.25) is 14.4 Å². The number of H-pyrrole nitrogens is 1. The molecule has 1 aromatic heterocycles. The van der Waals surface area contributed by atoms with Crippen molar-refractivity contribution in [2.75, 3.05) is 45.6 Å². The van der Waals surface area contributed by atoms with E-state index < -0.39 is 5.82 Å². The summed E-state index contributed by atoms with van der Waals surface area (Å²) < 4.78 is 13.4. The number of anilines is 1. The van der Waals surface area contributed by atoms with E-state index in [1.165, 1.54) is 18.2 Å². The van der Waals surface area contributed by atoms with E-state index in [2.05, 4.69) is 20.9 Å². The van der Waals surface area contributed by atoms with Crippen LogP contribution in [0, 0.1) is 19.7 Å². The molecule has 1 aliphatic rings. The fraction of sp³-hybridized carbons (Fsp3) is 0.348. The largest absolute Gasteiger partial charge is 0.358 e. The smallest absolute Gasteiger partial charge is 0.256 e. The Balaban J connectivity index is 0.000000282. The van der Waals surface area contributed by atoms with Crippen molar-refractivity contribution < 1.29 is 18.8 Å². The molecule has 0 spiro atoms. The van der Waals surface area contributed by atoms with Crippen LogP contribution < -0.4 is 16.0 Å². The summed E-state index contributed by atoms with van der Waals surface area (Å²) >= 11 is 0. The Labute approximate surface area is 187 Å². The van der Waals surface area contributed by atoms with E-state index >= 15 is 0 Å². The molecule has 0 radical (unpaired) electrons. The number of nitrogens with zero attached hydrogens (tertiary/aromatic N) is 1. The summed E-state index contributed by atoms with van der Waals surface area (Å²) in [5.74, 6) is -0.681. The minimum atomic E-state index is -0.399. The van der Waals surface area contributed by atoms with Crippen LogP contribution in [-0.2, 0) is 9.59 Å². The molecule has 9 heteroatoms. The minimum Gasteiger partial charge on any atom is -0.358 e. The van der Waals surface area contributed by atoms with Crippen molar-refractivity contribution >= 4 is 35.9 Å². The zero-order chi connectivity index (χ0) is 23.7. The average molecular weight is 444 g/mol. The lowest BCUT2D eigenvalue weighted by Crippen LogP contribution is -2.34. The van der Waals surface area contributed by atoms with Crippen molar-refractivity contribution in [2.24, 2.45) is 0 Å². The molecule has 2 amide bonds. The summed E-state index contributed by atoms with van der Waals surface area (Å²) in [7, 11) is 3.75. The van der Waals surface area contributed by atoms with Gasteiger partial charge < -0.3 is 25.8 Å². The number of aryl methyl sites for hydroxylation is 1. The van der Waals surface area contributed by atoms with Crippen LogP contribution in [0.15, 0.2) is 18.2 Å². The topological polar surface area (TPSA) is 106 Å². The van der Waals surface area contributed by atoms with Crippen LogP contribution in [0.2, 0.25) is 0 Å². The fourth-order valence-corrected chi connectivity index (χ4v) is 3.29. The highest BCUT2D eigenvalue weighted by molar-refractivity contribution is 6.34. The van der Waals surface area contributed by atoms with Gasteiger partial charge >= 0.3 is 0 Å². The van der Waals surface area contributed by atoms with Gasteiger partial charge in [-0.2, -0.15) is 0 Å². The monoisotopic (exact) mass is 443 g/mol. The second-order valence-electron chi connectivity index (χ2n) is 7.37. The van der Waals surface area contributed by atoms with E-state index in [-0.39, 0.29) is 5.91 Å². The number of carbonyl (C=O) groups excluding carboxylic acids is 3. The summed E-state index contributed by atoms with van der Waals surface area (Å²) in [5.41, 5.74) is 4.27. The number of fused-ring (bicyclic) bond motifs is 1. The van der Waals surface area contributed by atoms with Crippen LogP contribution in [0.4, 0.5) is 10.1 Å². The highest BCUT2D eigenvalue weighted by atomic mass is 19.1. The van der Waals surface area contributed by atoms with Crippen molar-refractivity contribution in [3.8, 4) is 0 Å². The molecule has 1 aromatic carbocycles. The maximum atomic E-state index is 13.4. The first-order valence-corrected chi connectivity index (χ1v) is 10.3. The van der Waals surface area contributed by atoms with Crippen LogP contribution in [0.1, 0.15) is 32.9 Å². The fourth-order valence-electron chi connectivity index (χ4n) is 3.29. The number of hydrogen-bond acceptors (Lipinski definition) is 5. The average Bonchev–Trinajstić information content (AvgIpc) is 3.23.